The number of nitrogens with zero attached hydrogens (tertiary/aromatic N) is 3. The Balaban J connectivity index is 1.66. The Morgan fingerprint density at radius 3 is 2.56 bits per heavy atom. The van der Waals surface area contributed by atoms with E-state index in [-0.39, 0.29) is 11.9 Å². The van der Waals surface area contributed by atoms with Gasteiger partial charge < -0.3 is 14.6 Å². The van der Waals surface area contributed by atoms with Crippen LogP contribution in [0.4, 0.5) is 0 Å². The lowest BCUT2D eigenvalue weighted by Crippen LogP contribution is -2.25. The maximum Gasteiger partial charge on any atom is 0.251 e. The highest BCUT2D eigenvalue weighted by molar-refractivity contribution is 7.98. The Labute approximate surface area is 165 Å². The molecular formula is C20H28N4O2S. The fourth-order valence-corrected chi connectivity index (χ4v) is 3.91. The molecule has 1 aromatic heterocycles. The Morgan fingerprint density at radius 1 is 1.26 bits per heavy atom. The minimum absolute atomic E-state index is 0.0198. The van der Waals surface area contributed by atoms with Gasteiger partial charge in [-0.05, 0) is 37.5 Å². The van der Waals surface area contributed by atoms with Gasteiger partial charge in [-0.3, -0.25) is 4.79 Å². The molecule has 1 aliphatic rings. The van der Waals surface area contributed by atoms with Crippen molar-refractivity contribution in [3.8, 4) is 0 Å². The zero-order valence-electron chi connectivity index (χ0n) is 16.4. The number of hydrogen-bond acceptors (Lipinski definition) is 5. The molecule has 0 radical (unpaired) electrons. The van der Waals surface area contributed by atoms with Gasteiger partial charge in [0.25, 0.3) is 5.91 Å². The molecule has 2 aromatic rings. The average Bonchev–Trinajstić information content (AvgIpc) is 3.35. The Kier molecular flexibility index (Phi) is 6.55. The topological polar surface area (TPSA) is 69.0 Å². The molecule has 0 aliphatic heterocycles. The molecule has 146 valence electrons. The van der Waals surface area contributed by atoms with Crippen molar-refractivity contribution < 1.29 is 9.53 Å². The van der Waals surface area contributed by atoms with E-state index in [9.17, 15) is 4.79 Å². The summed E-state index contributed by atoms with van der Waals surface area (Å²) in [7, 11) is 1.71. The van der Waals surface area contributed by atoms with Gasteiger partial charge in [-0.25, -0.2) is 0 Å². The van der Waals surface area contributed by atoms with E-state index in [0.717, 1.165) is 40.7 Å². The predicted octanol–water partition coefficient (Wildman–Crippen LogP) is 3.79. The summed E-state index contributed by atoms with van der Waals surface area (Å²) in [6.45, 7) is 6.99. The summed E-state index contributed by atoms with van der Waals surface area (Å²) in [4.78, 5) is 12.1. The Bertz CT molecular complexity index is 769. The monoisotopic (exact) mass is 388 g/mol. The molecule has 1 heterocycles. The van der Waals surface area contributed by atoms with Gasteiger partial charge in [0.15, 0.2) is 5.16 Å². The second kappa shape index (κ2) is 8.89. The number of amides is 1. The van der Waals surface area contributed by atoms with Crippen LogP contribution in [-0.2, 0) is 10.5 Å². The second-order valence-corrected chi connectivity index (χ2v) is 8.35. The summed E-state index contributed by atoms with van der Waals surface area (Å²) >= 11 is 1.66. The van der Waals surface area contributed by atoms with Crippen LogP contribution in [0.15, 0.2) is 29.4 Å². The molecule has 1 amide bonds. The minimum atomic E-state index is 0.0198. The van der Waals surface area contributed by atoms with Gasteiger partial charge in [0.2, 0.25) is 0 Å². The molecular weight excluding hydrogens is 360 g/mol. The maximum atomic E-state index is 12.1. The summed E-state index contributed by atoms with van der Waals surface area (Å²) in [6.07, 6.45) is 2.20. The Morgan fingerprint density at radius 2 is 1.96 bits per heavy atom. The van der Waals surface area contributed by atoms with Crippen molar-refractivity contribution in [3.05, 3.63) is 41.2 Å². The first-order chi connectivity index (χ1) is 13.0. The quantitative estimate of drug-likeness (QED) is 0.662. The van der Waals surface area contributed by atoms with Crippen molar-refractivity contribution in [1.82, 2.24) is 20.1 Å². The number of carbonyl (C=O) groups excluding carboxylic acids is 1. The zero-order chi connectivity index (χ0) is 19.4. The third-order valence-electron chi connectivity index (χ3n) is 4.55. The third kappa shape index (κ3) is 5.11. The van der Waals surface area contributed by atoms with Gasteiger partial charge in [-0.1, -0.05) is 37.7 Å². The first-order valence-electron chi connectivity index (χ1n) is 9.46. The molecule has 0 bridgehead atoms. The summed E-state index contributed by atoms with van der Waals surface area (Å²) in [5.41, 5.74) is 1.87. The highest BCUT2D eigenvalue weighted by Crippen LogP contribution is 2.28. The van der Waals surface area contributed by atoms with E-state index in [0.29, 0.717) is 18.6 Å². The molecule has 6 nitrogen and oxygen atoms in total. The summed E-state index contributed by atoms with van der Waals surface area (Å²) in [5, 5.41) is 12.7. The minimum Gasteiger partial charge on any atom is -0.383 e. The molecule has 1 saturated carbocycles. The number of methoxy groups -OCH3 is 1. The van der Waals surface area contributed by atoms with Crippen LogP contribution in [0.5, 0.6) is 0 Å². The standard InChI is InChI=1S/C20H28N4O2S/c1-13(2)18-22-23-20(24(18)14(3)11-26-4)27-12-15-5-7-16(8-6-15)19(25)21-17-9-10-17/h5-8,13-14,17H,9-12H2,1-4H3,(H,21,25)/t14-/m0/s1. The van der Waals surface area contributed by atoms with Gasteiger partial charge in [0, 0.05) is 30.4 Å². The first kappa shape index (κ1) is 19.9. The number of carbonyl (C=O) groups is 1. The van der Waals surface area contributed by atoms with Crippen molar-refractivity contribution in [2.75, 3.05) is 13.7 Å². The van der Waals surface area contributed by atoms with Crippen molar-refractivity contribution in [3.63, 3.8) is 0 Å². The van der Waals surface area contributed by atoms with Gasteiger partial charge in [0.05, 0.1) is 12.6 Å². The van der Waals surface area contributed by atoms with Gasteiger partial charge in [-0.15, -0.1) is 10.2 Å². The van der Waals surface area contributed by atoms with Gasteiger partial charge >= 0.3 is 0 Å². The third-order valence-corrected chi connectivity index (χ3v) is 5.57. The van der Waals surface area contributed by atoms with Crippen LogP contribution in [0.2, 0.25) is 0 Å². The summed E-state index contributed by atoms with van der Waals surface area (Å²) < 4.78 is 7.50. The van der Waals surface area contributed by atoms with E-state index in [4.69, 9.17) is 4.74 Å². The van der Waals surface area contributed by atoms with E-state index < -0.39 is 0 Å². The number of hydrogen-bond donors (Lipinski definition) is 1. The number of nitrogens with one attached hydrogen (secondary N) is 1. The molecule has 1 N–H and O–H groups in total. The zero-order valence-corrected chi connectivity index (χ0v) is 17.3. The molecule has 1 aromatic carbocycles. The number of thioether (sulfide) groups is 1. The summed E-state index contributed by atoms with van der Waals surface area (Å²) in [5.74, 6) is 2.08. The number of aromatic nitrogens is 3. The van der Waals surface area contributed by atoms with Crippen LogP contribution >= 0.6 is 11.8 Å². The molecule has 7 heteroatoms. The number of rotatable bonds is 9. The van der Waals surface area contributed by atoms with Gasteiger partial charge in [0.1, 0.15) is 5.82 Å². The molecule has 0 saturated heterocycles. The molecule has 3 rings (SSSR count). The van der Waals surface area contributed by atoms with E-state index in [1.807, 2.05) is 24.3 Å². The van der Waals surface area contributed by atoms with Crippen molar-refractivity contribution in [2.24, 2.45) is 0 Å². The fraction of sp³-hybridized carbons (Fsp3) is 0.550. The normalized spacial score (nSPS) is 15.1. The summed E-state index contributed by atoms with van der Waals surface area (Å²) in [6, 6.07) is 8.37. The fourth-order valence-electron chi connectivity index (χ4n) is 2.91. The lowest BCUT2D eigenvalue weighted by Gasteiger charge is -2.18. The van der Waals surface area contributed by atoms with Crippen LogP contribution in [0.1, 0.15) is 67.3 Å². The van der Waals surface area contributed by atoms with Crippen molar-refractivity contribution in [2.45, 2.75) is 62.5 Å². The molecule has 27 heavy (non-hydrogen) atoms. The van der Waals surface area contributed by atoms with Gasteiger partial charge in [-0.2, -0.15) is 0 Å². The highest BCUT2D eigenvalue weighted by atomic mass is 32.2. The number of benzene rings is 1. The van der Waals surface area contributed by atoms with Crippen LogP contribution in [0.3, 0.4) is 0 Å². The average molecular weight is 389 g/mol. The van der Waals surface area contributed by atoms with Crippen molar-refractivity contribution >= 4 is 17.7 Å². The van der Waals surface area contributed by atoms with E-state index >= 15 is 0 Å². The SMILES string of the molecule is COC[C@H](C)n1c(SCc2ccc(C(=O)NC3CC3)cc2)nnc1C(C)C. The first-order valence-corrected chi connectivity index (χ1v) is 10.4. The Hall–Kier alpha value is -1.86. The van der Waals surface area contributed by atoms with Crippen LogP contribution < -0.4 is 5.32 Å². The lowest BCUT2D eigenvalue weighted by molar-refractivity contribution is 0.0951. The van der Waals surface area contributed by atoms with Crippen LogP contribution in [0, 0.1) is 0 Å². The molecule has 0 spiro atoms. The maximum absolute atomic E-state index is 12.1. The molecule has 1 fully saturated rings. The lowest BCUT2D eigenvalue weighted by atomic mass is 10.1. The molecule has 1 aliphatic carbocycles. The largest absolute Gasteiger partial charge is 0.383 e. The molecule has 1 atom stereocenters. The van der Waals surface area contributed by atoms with Crippen LogP contribution in [0.25, 0.3) is 0 Å². The second-order valence-electron chi connectivity index (χ2n) is 7.40. The molecule has 0 unspecified atom stereocenters. The highest BCUT2D eigenvalue weighted by Gasteiger charge is 2.24. The predicted molar refractivity (Wildman–Crippen MR) is 107 cm³/mol. The van der Waals surface area contributed by atoms with Crippen LogP contribution in [-0.4, -0.2) is 40.4 Å². The van der Waals surface area contributed by atoms with E-state index in [1.54, 1.807) is 18.9 Å². The van der Waals surface area contributed by atoms with E-state index in [2.05, 4.69) is 40.9 Å². The van der Waals surface area contributed by atoms with E-state index in [1.165, 1.54) is 0 Å². The van der Waals surface area contributed by atoms with Crippen molar-refractivity contribution in [1.29, 1.82) is 0 Å². The smallest absolute Gasteiger partial charge is 0.251 e. The number of ether oxygens (including phenoxy) is 1.